The maximum atomic E-state index is 10.8. The van der Waals surface area contributed by atoms with E-state index < -0.39 is 43.3 Å². The quantitative estimate of drug-likeness (QED) is 0.487. The van der Waals surface area contributed by atoms with E-state index in [0.717, 1.165) is 0 Å². The Kier molecular flexibility index (Phi) is 4.63. The van der Waals surface area contributed by atoms with Crippen molar-refractivity contribution in [1.82, 2.24) is 0 Å². The largest absolute Gasteiger partial charge is 0.457 e. The summed E-state index contributed by atoms with van der Waals surface area (Å²) in [6.07, 6.45) is -5.67. The monoisotopic (exact) mass is 236 g/mol. The Labute approximate surface area is 92.5 Å². The highest BCUT2D eigenvalue weighted by atomic mass is 16.7. The summed E-state index contributed by atoms with van der Waals surface area (Å²) in [5, 5.41) is 27.9. The molecule has 3 N–H and O–H groups in total. The van der Waals surface area contributed by atoms with Gasteiger partial charge in [0.25, 0.3) is 0 Å². The molecule has 5 atom stereocenters. The number of methoxy groups -OCH3 is 1. The van der Waals surface area contributed by atoms with E-state index in [0.29, 0.717) is 0 Å². The topological polar surface area (TPSA) is 105 Å². The molecule has 0 aliphatic carbocycles. The van der Waals surface area contributed by atoms with Crippen LogP contribution in [0.15, 0.2) is 0 Å². The van der Waals surface area contributed by atoms with Gasteiger partial charge in [-0.25, -0.2) is 0 Å². The van der Waals surface area contributed by atoms with Crippen molar-refractivity contribution in [2.45, 2.75) is 37.6 Å². The molecule has 1 heterocycles. The molecule has 1 fully saturated rings. The smallest absolute Gasteiger partial charge is 0.303 e. The Morgan fingerprint density at radius 2 is 2.00 bits per heavy atom. The molecule has 1 rings (SSSR count). The average molecular weight is 236 g/mol. The van der Waals surface area contributed by atoms with Crippen LogP contribution in [0.5, 0.6) is 0 Å². The third kappa shape index (κ3) is 2.69. The van der Waals surface area contributed by atoms with E-state index >= 15 is 0 Å². The highest BCUT2D eigenvalue weighted by Crippen LogP contribution is 2.24. The van der Waals surface area contributed by atoms with Gasteiger partial charge >= 0.3 is 5.97 Å². The minimum atomic E-state index is -1.52. The van der Waals surface area contributed by atoms with E-state index in [2.05, 4.69) is 0 Å². The first-order valence-electron chi connectivity index (χ1n) is 4.83. The number of carbonyl (C=O) groups is 1. The van der Waals surface area contributed by atoms with E-state index in [4.69, 9.17) is 19.3 Å². The molecular formula is C9H16O7. The number of hydrogen-bond donors (Lipinski definition) is 3. The van der Waals surface area contributed by atoms with E-state index in [1.54, 1.807) is 0 Å². The lowest BCUT2D eigenvalue weighted by Crippen LogP contribution is -2.60. The molecule has 16 heavy (non-hydrogen) atoms. The lowest BCUT2D eigenvalue weighted by atomic mass is 9.99. The van der Waals surface area contributed by atoms with Gasteiger partial charge < -0.3 is 29.5 Å². The van der Waals surface area contributed by atoms with Crippen molar-refractivity contribution in [2.75, 3.05) is 13.7 Å². The summed E-state index contributed by atoms with van der Waals surface area (Å²) in [6, 6.07) is 0. The number of aliphatic hydroxyl groups is 3. The van der Waals surface area contributed by atoms with Gasteiger partial charge in [0.2, 0.25) is 0 Å². The number of ether oxygens (including phenoxy) is 3. The van der Waals surface area contributed by atoms with Gasteiger partial charge in [-0.05, 0) is 0 Å². The Morgan fingerprint density at radius 1 is 1.38 bits per heavy atom. The standard InChI is InChI=1S/C9H16O7/c1-4(11)15-8-6(12)9(13)16-5(3-10)7(8)14-2/h5-10,12-13H,3H2,1-2H3/t5-,6+,7-,8-,9-/m1/s1. The van der Waals surface area contributed by atoms with Gasteiger partial charge in [0.05, 0.1) is 6.61 Å². The van der Waals surface area contributed by atoms with Crippen molar-refractivity contribution in [3.8, 4) is 0 Å². The van der Waals surface area contributed by atoms with Crippen molar-refractivity contribution in [1.29, 1.82) is 0 Å². The predicted molar refractivity (Wildman–Crippen MR) is 50.3 cm³/mol. The normalized spacial score (nSPS) is 39.4. The molecule has 0 saturated carbocycles. The van der Waals surface area contributed by atoms with Crippen molar-refractivity contribution in [2.24, 2.45) is 0 Å². The SMILES string of the molecule is CO[C@H]1[C@H](OC(C)=O)[C@H](O)[C@H](O)O[C@@H]1CO. The molecule has 1 aliphatic rings. The molecule has 1 saturated heterocycles. The van der Waals surface area contributed by atoms with Gasteiger partial charge in [0.1, 0.15) is 18.3 Å². The van der Waals surface area contributed by atoms with Gasteiger partial charge in [-0.1, -0.05) is 0 Å². The second-order valence-corrected chi connectivity index (χ2v) is 3.51. The Morgan fingerprint density at radius 3 is 2.44 bits per heavy atom. The third-order valence-electron chi connectivity index (χ3n) is 2.39. The average Bonchev–Trinajstić information content (AvgIpc) is 2.23. The molecule has 0 aromatic rings. The third-order valence-corrected chi connectivity index (χ3v) is 2.39. The van der Waals surface area contributed by atoms with E-state index in [1.807, 2.05) is 0 Å². The van der Waals surface area contributed by atoms with Gasteiger partial charge in [-0.3, -0.25) is 4.79 Å². The van der Waals surface area contributed by atoms with Crippen molar-refractivity contribution in [3.63, 3.8) is 0 Å². The molecule has 0 aromatic heterocycles. The summed E-state index contributed by atoms with van der Waals surface area (Å²) in [5.41, 5.74) is 0. The van der Waals surface area contributed by atoms with Crippen LogP contribution in [0.2, 0.25) is 0 Å². The summed E-state index contributed by atoms with van der Waals surface area (Å²) in [4.78, 5) is 10.8. The summed E-state index contributed by atoms with van der Waals surface area (Å²) < 4.78 is 14.7. The highest BCUT2D eigenvalue weighted by Gasteiger charge is 2.46. The Hall–Kier alpha value is -0.730. The minimum absolute atomic E-state index is 0.417. The minimum Gasteiger partial charge on any atom is -0.457 e. The second-order valence-electron chi connectivity index (χ2n) is 3.51. The van der Waals surface area contributed by atoms with Gasteiger partial charge in [0, 0.05) is 14.0 Å². The summed E-state index contributed by atoms with van der Waals surface area (Å²) in [6.45, 7) is 0.759. The molecule has 0 aromatic carbocycles. The maximum Gasteiger partial charge on any atom is 0.303 e. The highest BCUT2D eigenvalue weighted by molar-refractivity contribution is 5.66. The predicted octanol–water partition coefficient (Wildman–Crippen LogP) is -2.00. The van der Waals surface area contributed by atoms with Crippen LogP contribution in [0, 0.1) is 0 Å². The first kappa shape index (κ1) is 13.3. The number of rotatable bonds is 3. The Balaban J connectivity index is 2.82. The molecule has 0 amide bonds. The summed E-state index contributed by atoms with van der Waals surface area (Å²) in [5.74, 6) is -0.614. The van der Waals surface area contributed by atoms with Crippen LogP contribution in [0.25, 0.3) is 0 Å². The zero-order valence-corrected chi connectivity index (χ0v) is 9.07. The van der Waals surface area contributed by atoms with Crippen LogP contribution >= 0.6 is 0 Å². The lowest BCUT2D eigenvalue weighted by molar-refractivity contribution is -0.293. The van der Waals surface area contributed by atoms with Gasteiger partial charge in [0.15, 0.2) is 12.4 Å². The molecule has 0 radical (unpaired) electrons. The number of hydrogen-bond acceptors (Lipinski definition) is 7. The summed E-state index contributed by atoms with van der Waals surface area (Å²) >= 11 is 0. The molecule has 0 unspecified atom stereocenters. The zero-order chi connectivity index (χ0) is 12.3. The van der Waals surface area contributed by atoms with Crippen LogP contribution < -0.4 is 0 Å². The molecule has 94 valence electrons. The van der Waals surface area contributed by atoms with Crippen LogP contribution in [0.3, 0.4) is 0 Å². The van der Waals surface area contributed by atoms with E-state index in [-0.39, 0.29) is 0 Å². The second kappa shape index (κ2) is 5.55. The Bertz CT molecular complexity index is 244. The number of esters is 1. The van der Waals surface area contributed by atoms with Crippen LogP contribution in [-0.4, -0.2) is 65.7 Å². The zero-order valence-electron chi connectivity index (χ0n) is 9.07. The number of carbonyl (C=O) groups excluding carboxylic acids is 1. The number of aliphatic hydroxyl groups excluding tert-OH is 3. The van der Waals surface area contributed by atoms with Crippen LogP contribution in [0.4, 0.5) is 0 Å². The van der Waals surface area contributed by atoms with E-state index in [1.165, 1.54) is 14.0 Å². The lowest BCUT2D eigenvalue weighted by Gasteiger charge is -2.40. The fourth-order valence-corrected chi connectivity index (χ4v) is 1.67. The molecule has 0 bridgehead atoms. The summed E-state index contributed by atoms with van der Waals surface area (Å²) in [7, 11) is 1.33. The van der Waals surface area contributed by atoms with Crippen molar-refractivity contribution < 1.29 is 34.3 Å². The fourth-order valence-electron chi connectivity index (χ4n) is 1.67. The maximum absolute atomic E-state index is 10.8. The fraction of sp³-hybridized carbons (Fsp3) is 0.889. The van der Waals surface area contributed by atoms with Crippen molar-refractivity contribution in [3.05, 3.63) is 0 Å². The molecule has 7 nitrogen and oxygen atoms in total. The van der Waals surface area contributed by atoms with Gasteiger partial charge in [-0.15, -0.1) is 0 Å². The molecule has 0 spiro atoms. The molecule has 1 aliphatic heterocycles. The molecular weight excluding hydrogens is 220 g/mol. The first-order valence-corrected chi connectivity index (χ1v) is 4.83. The first-order chi connectivity index (χ1) is 7.51. The van der Waals surface area contributed by atoms with Crippen LogP contribution in [0.1, 0.15) is 6.92 Å². The van der Waals surface area contributed by atoms with Gasteiger partial charge in [-0.2, -0.15) is 0 Å². The van der Waals surface area contributed by atoms with E-state index in [9.17, 15) is 15.0 Å². The van der Waals surface area contributed by atoms with Crippen LogP contribution in [-0.2, 0) is 19.0 Å². The molecule has 7 heteroatoms. The van der Waals surface area contributed by atoms with Crippen molar-refractivity contribution >= 4 is 5.97 Å².